The molecule has 0 amide bonds. The fourth-order valence-corrected chi connectivity index (χ4v) is 8.57. The molecule has 4 nitrogen and oxygen atoms in total. The van der Waals surface area contributed by atoms with Crippen molar-refractivity contribution in [1.82, 2.24) is 4.57 Å². The molecule has 0 fully saturated rings. The van der Waals surface area contributed by atoms with E-state index in [0.29, 0.717) is 12.5 Å². The smallest absolute Gasteiger partial charge is 0.271 e. The Kier molecular flexibility index (Phi) is 5.01. The van der Waals surface area contributed by atoms with E-state index in [4.69, 9.17) is 0 Å². The highest BCUT2D eigenvalue weighted by atomic mass is 32.2. The molecule has 4 aromatic rings. The van der Waals surface area contributed by atoms with Crippen LogP contribution in [0.2, 0.25) is 0 Å². The third kappa shape index (κ3) is 3.10. The second kappa shape index (κ2) is 7.90. The van der Waals surface area contributed by atoms with Crippen LogP contribution in [0.5, 0.6) is 0 Å². The molecule has 1 atom stereocenters. The normalized spacial score (nSPS) is 20.1. The highest BCUT2D eigenvalue weighted by Gasteiger charge is 2.31. The van der Waals surface area contributed by atoms with E-state index in [1.165, 1.54) is 32.2 Å². The largest absolute Gasteiger partial charge is 0.337 e. The number of anilines is 1. The van der Waals surface area contributed by atoms with Crippen molar-refractivity contribution in [2.75, 3.05) is 11.9 Å². The Balaban J connectivity index is 1.51. The van der Waals surface area contributed by atoms with Crippen molar-refractivity contribution in [3.63, 3.8) is 0 Å². The van der Waals surface area contributed by atoms with E-state index in [1.54, 1.807) is 23.1 Å². The molecule has 2 aromatic carbocycles. The summed E-state index contributed by atoms with van der Waals surface area (Å²) in [6.45, 7) is 3.84. The molecular formula is C25H24N3OS3+. The van der Waals surface area contributed by atoms with E-state index >= 15 is 0 Å². The number of fused-ring (bicyclic) bond motifs is 4. The van der Waals surface area contributed by atoms with Crippen LogP contribution in [0.25, 0.3) is 21.3 Å². The SMILES string of the molecule is CCn1c(=O)/c(=C2\Sc3ccccc3N2C)s/c1=C\C1CCC[n+]2c1sc1ccccc12. The molecular weight excluding hydrogens is 454 g/mol. The van der Waals surface area contributed by atoms with E-state index in [1.807, 2.05) is 15.9 Å². The maximum Gasteiger partial charge on any atom is 0.271 e. The van der Waals surface area contributed by atoms with E-state index in [0.717, 1.165) is 27.2 Å². The van der Waals surface area contributed by atoms with Gasteiger partial charge in [0.05, 0.1) is 16.3 Å². The quantitative estimate of drug-likeness (QED) is 0.406. The predicted octanol–water partition coefficient (Wildman–Crippen LogP) is 4.10. The van der Waals surface area contributed by atoms with Gasteiger partial charge in [-0.05, 0) is 37.6 Å². The van der Waals surface area contributed by atoms with Crippen molar-refractivity contribution in [1.29, 1.82) is 0 Å². The minimum atomic E-state index is 0.130. The van der Waals surface area contributed by atoms with Crippen molar-refractivity contribution in [2.45, 2.75) is 43.7 Å². The van der Waals surface area contributed by atoms with Crippen LogP contribution in [-0.2, 0) is 13.1 Å². The summed E-state index contributed by atoms with van der Waals surface area (Å²) < 4.78 is 7.72. The lowest BCUT2D eigenvalue weighted by molar-refractivity contribution is -0.680. The molecule has 2 aromatic heterocycles. The van der Waals surface area contributed by atoms with Crippen LogP contribution < -0.4 is 24.2 Å². The first kappa shape index (κ1) is 20.3. The average molecular weight is 479 g/mol. The lowest BCUT2D eigenvalue weighted by Crippen LogP contribution is -2.41. The van der Waals surface area contributed by atoms with Gasteiger partial charge in [0.1, 0.15) is 20.8 Å². The van der Waals surface area contributed by atoms with Gasteiger partial charge in [-0.15, -0.1) is 11.3 Å². The van der Waals surface area contributed by atoms with E-state index in [-0.39, 0.29) is 5.56 Å². The van der Waals surface area contributed by atoms with Gasteiger partial charge < -0.3 is 4.90 Å². The minimum absolute atomic E-state index is 0.130. The van der Waals surface area contributed by atoms with Crippen LogP contribution >= 0.6 is 34.4 Å². The van der Waals surface area contributed by atoms with Gasteiger partial charge in [-0.2, -0.15) is 4.57 Å². The van der Waals surface area contributed by atoms with Crippen molar-refractivity contribution in [2.24, 2.45) is 0 Å². The standard InChI is InChI=1S/C25H24N3OS3/c1-3-27-21(15-16-9-8-14-28-18-11-5-7-13-20(18)30-24(16)28)32-22(23(27)29)25-26(2)17-10-4-6-12-19(17)31-25/h4-7,10-13,15-16H,3,8-9,14H2,1-2H3/q+1/b21-15-,25-22+. The molecule has 32 heavy (non-hydrogen) atoms. The highest BCUT2D eigenvalue weighted by molar-refractivity contribution is 8.08. The second-order valence-electron chi connectivity index (χ2n) is 8.23. The van der Waals surface area contributed by atoms with Crippen LogP contribution in [0.4, 0.5) is 5.69 Å². The van der Waals surface area contributed by atoms with Crippen LogP contribution in [-0.4, -0.2) is 11.6 Å². The zero-order valence-electron chi connectivity index (χ0n) is 18.1. The molecule has 0 bridgehead atoms. The molecule has 7 heteroatoms. The van der Waals surface area contributed by atoms with Gasteiger partial charge in [-0.1, -0.05) is 47.4 Å². The van der Waals surface area contributed by atoms with Crippen LogP contribution in [0.15, 0.2) is 58.2 Å². The maximum atomic E-state index is 13.4. The monoisotopic (exact) mass is 478 g/mol. The first-order chi connectivity index (χ1) is 15.7. The summed E-state index contributed by atoms with van der Waals surface area (Å²) >= 11 is 5.25. The molecule has 2 aliphatic rings. The van der Waals surface area contributed by atoms with Gasteiger partial charge in [-0.25, -0.2) is 0 Å². The number of thioether (sulfide) groups is 1. The zero-order chi connectivity index (χ0) is 21.8. The van der Waals surface area contributed by atoms with Crippen molar-refractivity contribution < 1.29 is 4.57 Å². The first-order valence-electron chi connectivity index (χ1n) is 11.0. The number of para-hydroxylation sites is 2. The topological polar surface area (TPSA) is 29.1 Å². The number of rotatable bonds is 2. The molecule has 6 rings (SSSR count). The maximum absolute atomic E-state index is 13.4. The average Bonchev–Trinajstić information content (AvgIpc) is 3.46. The number of thiazole rings is 2. The highest BCUT2D eigenvalue weighted by Crippen LogP contribution is 2.45. The van der Waals surface area contributed by atoms with Crippen LogP contribution in [0.3, 0.4) is 0 Å². The number of benzene rings is 2. The molecule has 0 aliphatic carbocycles. The summed E-state index contributed by atoms with van der Waals surface area (Å²) in [5, 5.41) is 2.46. The number of aromatic nitrogens is 2. The lowest BCUT2D eigenvalue weighted by Gasteiger charge is -2.13. The molecule has 0 saturated carbocycles. The molecule has 0 radical (unpaired) electrons. The fourth-order valence-electron chi connectivity index (χ4n) is 4.76. The van der Waals surface area contributed by atoms with Crippen molar-refractivity contribution in [3.8, 4) is 0 Å². The van der Waals surface area contributed by atoms with Crippen molar-refractivity contribution >= 4 is 61.4 Å². The summed E-state index contributed by atoms with van der Waals surface area (Å²) in [7, 11) is 2.06. The molecule has 0 N–H and O–H groups in total. The third-order valence-corrected chi connectivity index (χ3v) is 10.2. The number of aryl methyl sites for hydroxylation is 1. The van der Waals surface area contributed by atoms with E-state index in [9.17, 15) is 4.79 Å². The third-order valence-electron chi connectivity index (χ3n) is 6.35. The zero-order valence-corrected chi connectivity index (χ0v) is 20.5. The van der Waals surface area contributed by atoms with Gasteiger partial charge in [0.2, 0.25) is 10.5 Å². The predicted molar refractivity (Wildman–Crippen MR) is 136 cm³/mol. The summed E-state index contributed by atoms with van der Waals surface area (Å²) in [6.07, 6.45) is 4.65. The Labute approximate surface area is 198 Å². The number of hydrogen-bond donors (Lipinski definition) is 0. The van der Waals surface area contributed by atoms with Crippen LogP contribution in [0.1, 0.15) is 30.7 Å². The Morgan fingerprint density at radius 3 is 2.78 bits per heavy atom. The number of nitrogens with zero attached hydrogens (tertiary/aromatic N) is 3. The van der Waals surface area contributed by atoms with Gasteiger partial charge in [0, 0.05) is 31.0 Å². The summed E-state index contributed by atoms with van der Waals surface area (Å²) in [5.74, 6) is 0.348. The molecule has 0 spiro atoms. The Morgan fingerprint density at radius 1 is 1.12 bits per heavy atom. The molecule has 2 aliphatic heterocycles. The summed E-state index contributed by atoms with van der Waals surface area (Å²) in [4.78, 5) is 16.8. The number of hydrogen-bond acceptors (Lipinski definition) is 5. The fraction of sp³-hybridized carbons (Fsp3) is 0.280. The van der Waals surface area contributed by atoms with Gasteiger partial charge in [0.25, 0.3) is 5.56 Å². The Hall–Kier alpha value is -2.35. The van der Waals surface area contributed by atoms with Gasteiger partial charge in [0.15, 0.2) is 0 Å². The Morgan fingerprint density at radius 2 is 1.94 bits per heavy atom. The van der Waals surface area contributed by atoms with Crippen molar-refractivity contribution in [3.05, 3.63) is 73.1 Å². The first-order valence-corrected chi connectivity index (χ1v) is 13.5. The lowest BCUT2D eigenvalue weighted by atomic mass is 10.0. The second-order valence-corrected chi connectivity index (χ2v) is 11.4. The van der Waals surface area contributed by atoms with Gasteiger partial charge in [-0.3, -0.25) is 9.36 Å². The van der Waals surface area contributed by atoms with E-state index < -0.39 is 0 Å². The van der Waals surface area contributed by atoms with Gasteiger partial charge >= 0.3 is 0 Å². The summed E-state index contributed by atoms with van der Waals surface area (Å²) in [6, 6.07) is 17.1. The molecule has 0 saturated heterocycles. The molecule has 1 unspecified atom stereocenters. The Bertz CT molecular complexity index is 1530. The minimum Gasteiger partial charge on any atom is -0.337 e. The van der Waals surface area contributed by atoms with E-state index in [2.05, 4.69) is 78.0 Å². The molecule has 162 valence electrons. The summed E-state index contributed by atoms with van der Waals surface area (Å²) in [5.41, 5.74) is 2.64. The van der Waals surface area contributed by atoms with Crippen LogP contribution in [0, 0.1) is 0 Å². The molecule has 4 heterocycles.